The van der Waals surface area contributed by atoms with Gasteiger partial charge in [0.1, 0.15) is 22.5 Å². The summed E-state index contributed by atoms with van der Waals surface area (Å²) in [4.78, 5) is -0.00461. The molecule has 2 aromatic rings. The van der Waals surface area contributed by atoms with Crippen LogP contribution in [-0.4, -0.2) is 55.4 Å². The molecule has 246 valence electrons. The maximum atomic E-state index is 14.7. The average Bonchev–Trinajstić information content (AvgIpc) is 3.57. The van der Waals surface area contributed by atoms with Gasteiger partial charge in [-0.1, -0.05) is 88.5 Å². The van der Waals surface area contributed by atoms with Crippen molar-refractivity contribution >= 4 is 52.6 Å². The third-order valence-corrected chi connectivity index (χ3v) is 12.9. The van der Waals surface area contributed by atoms with E-state index in [0.29, 0.717) is 11.1 Å². The van der Waals surface area contributed by atoms with E-state index in [4.69, 9.17) is 72.1 Å². The summed E-state index contributed by atoms with van der Waals surface area (Å²) in [6, 6.07) is 5.83. The lowest BCUT2D eigenvalue weighted by Gasteiger charge is -2.39. The van der Waals surface area contributed by atoms with Gasteiger partial charge in [0.2, 0.25) is 37.2 Å². The highest BCUT2D eigenvalue weighted by Gasteiger charge is 2.81. The largest absolute Gasteiger partial charge is 0.560 e. The van der Waals surface area contributed by atoms with E-state index < -0.39 is 69.0 Å². The molecule has 2 unspecified atom stereocenters. The lowest BCUT2D eigenvalue weighted by Crippen LogP contribution is -2.53. The van der Waals surface area contributed by atoms with Crippen LogP contribution in [0.5, 0.6) is 11.5 Å². The number of benzene rings is 2. The summed E-state index contributed by atoms with van der Waals surface area (Å²) in [6.45, 7) is 15.5. The Bertz CT molecular complexity index is 1620. The van der Waals surface area contributed by atoms with E-state index in [0.717, 1.165) is 11.1 Å². The van der Waals surface area contributed by atoms with E-state index in [9.17, 15) is 8.42 Å². The van der Waals surface area contributed by atoms with Crippen LogP contribution < -0.4 is 9.05 Å². The van der Waals surface area contributed by atoms with Gasteiger partial charge in [-0.05, 0) is 47.9 Å². The molecule has 0 amide bonds. The third-order valence-electron chi connectivity index (χ3n) is 8.40. The Morgan fingerprint density at radius 1 is 0.822 bits per heavy atom. The zero-order chi connectivity index (χ0) is 32.7. The minimum atomic E-state index is -4.18. The van der Waals surface area contributed by atoms with Gasteiger partial charge in [-0.25, -0.2) is 8.42 Å². The highest BCUT2D eigenvalue weighted by molar-refractivity contribution is 7.91. The van der Waals surface area contributed by atoms with Gasteiger partial charge in [-0.2, -0.15) is 0 Å². The van der Waals surface area contributed by atoms with Crippen LogP contribution >= 0.6 is 42.7 Å². The van der Waals surface area contributed by atoms with Crippen molar-refractivity contribution in [3.63, 3.8) is 0 Å². The summed E-state index contributed by atoms with van der Waals surface area (Å²) in [5.41, 5.74) is 1.71. The SMILES string of the molecule is Cc1cc(C(C)(C)C)c2c(c1)S(=O)(=O)c1cc(C)cc(C(C)(C)C)c1O[P+]1(O2)O[C@@H]2[C@@H]3OC(C(Cl)(Cl)Cl)O[C@@H]3O[C@]23COC1O3. The Morgan fingerprint density at radius 3 is 1.84 bits per heavy atom. The maximum absolute atomic E-state index is 14.7. The molecule has 0 saturated carbocycles. The van der Waals surface area contributed by atoms with Gasteiger partial charge in [-0.3, -0.25) is 13.8 Å². The Morgan fingerprint density at radius 2 is 1.36 bits per heavy atom. The molecule has 5 aliphatic rings. The summed E-state index contributed by atoms with van der Waals surface area (Å²) in [6.07, 6.45) is -4.18. The van der Waals surface area contributed by atoms with Crippen LogP contribution in [0, 0.1) is 13.8 Å². The van der Waals surface area contributed by atoms with Crippen LogP contribution in [0.3, 0.4) is 0 Å². The Hall–Kier alpha value is -0.950. The van der Waals surface area contributed by atoms with Gasteiger partial charge in [0.05, 0.1) is 0 Å². The van der Waals surface area contributed by atoms with E-state index in [-0.39, 0.29) is 27.9 Å². The number of ether oxygens (including phenoxy) is 5. The number of alkyl halides is 3. The van der Waals surface area contributed by atoms with E-state index in [1.54, 1.807) is 12.1 Å². The first kappa shape index (κ1) is 32.6. The Labute approximate surface area is 278 Å². The highest BCUT2D eigenvalue weighted by atomic mass is 35.6. The predicted octanol–water partition coefficient (Wildman–Crippen LogP) is 7.16. The van der Waals surface area contributed by atoms with Gasteiger partial charge in [-0.15, -0.1) is 4.52 Å². The first-order valence-electron chi connectivity index (χ1n) is 14.5. The molecule has 6 atom stereocenters. The molecule has 5 heterocycles. The van der Waals surface area contributed by atoms with Gasteiger partial charge in [0.25, 0.3) is 0 Å². The molecule has 10 nitrogen and oxygen atoms in total. The number of aryl methyl sites for hydroxylation is 2. The maximum Gasteiger partial charge on any atom is 0.560 e. The molecule has 0 radical (unpaired) electrons. The second-order valence-corrected chi connectivity index (χ2v) is 20.5. The molecule has 2 spiro atoms. The fourth-order valence-corrected chi connectivity index (χ4v) is 10.9. The van der Waals surface area contributed by atoms with Gasteiger partial charge in [0, 0.05) is 11.1 Å². The Kier molecular flexibility index (Phi) is 7.28. The quantitative estimate of drug-likeness (QED) is 0.205. The van der Waals surface area contributed by atoms with Gasteiger partial charge >= 0.3 is 14.0 Å². The summed E-state index contributed by atoms with van der Waals surface area (Å²) >= 11 is 18.3. The van der Waals surface area contributed by atoms with Crippen molar-refractivity contribution in [3.8, 4) is 11.5 Å². The van der Waals surface area contributed by atoms with Crippen molar-refractivity contribution in [2.45, 2.75) is 116 Å². The zero-order valence-electron chi connectivity index (χ0n) is 26.0. The van der Waals surface area contributed by atoms with Crippen LogP contribution in [0.25, 0.3) is 0 Å². The molecule has 0 N–H and O–H groups in total. The molecular formula is C30H35Cl3O10PS+. The first-order chi connectivity index (χ1) is 20.6. The fraction of sp³-hybridized carbons (Fsp3) is 0.600. The van der Waals surface area contributed by atoms with E-state index in [1.165, 1.54) is 0 Å². The minimum absolute atomic E-state index is 0.00231. The molecule has 7 rings (SSSR count). The van der Waals surface area contributed by atoms with Crippen LogP contribution in [0.1, 0.15) is 63.8 Å². The number of rotatable bonds is 0. The smallest absolute Gasteiger partial charge is 0.337 e. The molecule has 5 aliphatic heterocycles. The second-order valence-electron chi connectivity index (χ2n) is 14.2. The standard InChI is InChI=1S/C30H35Cl3O10PS/c1-14-9-16(27(3,4)5)20-18(11-14)45(34,35)19-12-15(2)10-17(28(6,7)8)21(19)42-44(41-20)26-36-13-29(40-26)23(43-44)22-24(39-29)38-25(37-22)30(31,32)33/h9-12,22-26H,13H2,1-8H3/q+1/t22-,23+,24+,25?,26?,29-/m0/s1. The molecule has 0 aromatic heterocycles. The van der Waals surface area contributed by atoms with Crippen molar-refractivity contribution in [2.24, 2.45) is 0 Å². The number of hydrogen-bond donors (Lipinski definition) is 0. The van der Waals surface area contributed by atoms with Crippen LogP contribution in [0.15, 0.2) is 34.1 Å². The number of hydrogen-bond acceptors (Lipinski definition) is 10. The molecule has 0 aliphatic carbocycles. The van der Waals surface area contributed by atoms with Crippen LogP contribution in [-0.2, 0) is 48.9 Å². The van der Waals surface area contributed by atoms with Gasteiger partial charge in [0.15, 0.2) is 12.4 Å². The van der Waals surface area contributed by atoms with E-state index in [1.807, 2.05) is 67.5 Å². The molecule has 2 aromatic carbocycles. The fourth-order valence-electron chi connectivity index (χ4n) is 6.26. The molecule has 4 saturated heterocycles. The average molecular weight is 725 g/mol. The Balaban J connectivity index is 1.47. The zero-order valence-corrected chi connectivity index (χ0v) is 30.0. The summed E-state index contributed by atoms with van der Waals surface area (Å²) in [7, 11) is -8.06. The second kappa shape index (κ2) is 10.0. The number of halogens is 3. The number of fused-ring (bicyclic) bond motifs is 6. The molecular weight excluding hydrogens is 690 g/mol. The summed E-state index contributed by atoms with van der Waals surface area (Å²) in [5, 5.41) is 0. The predicted molar refractivity (Wildman–Crippen MR) is 167 cm³/mol. The summed E-state index contributed by atoms with van der Waals surface area (Å²) < 4.78 is 78.7. The lowest BCUT2D eigenvalue weighted by atomic mass is 9.85. The topological polar surface area (TPSA) is 108 Å². The lowest BCUT2D eigenvalue weighted by molar-refractivity contribution is -0.292. The van der Waals surface area contributed by atoms with Crippen molar-refractivity contribution in [3.05, 3.63) is 46.5 Å². The van der Waals surface area contributed by atoms with Crippen molar-refractivity contribution in [1.82, 2.24) is 0 Å². The molecule has 4 fully saturated rings. The van der Waals surface area contributed by atoms with Crippen molar-refractivity contribution < 1.29 is 45.7 Å². The van der Waals surface area contributed by atoms with E-state index >= 15 is 0 Å². The molecule has 45 heavy (non-hydrogen) atoms. The first-order valence-corrected chi connectivity index (χ1v) is 18.7. The van der Waals surface area contributed by atoms with Crippen LogP contribution in [0.2, 0.25) is 0 Å². The normalized spacial score (nSPS) is 32.9. The monoisotopic (exact) mass is 723 g/mol. The van der Waals surface area contributed by atoms with Crippen LogP contribution in [0.4, 0.5) is 0 Å². The van der Waals surface area contributed by atoms with E-state index in [2.05, 4.69) is 0 Å². The summed E-state index contributed by atoms with van der Waals surface area (Å²) in [5.74, 6) is -1.21. The third kappa shape index (κ3) is 5.03. The highest BCUT2D eigenvalue weighted by Crippen LogP contribution is 2.75. The molecule has 2 bridgehead atoms. The van der Waals surface area contributed by atoms with Crippen molar-refractivity contribution in [1.29, 1.82) is 0 Å². The number of sulfone groups is 1. The molecule has 15 heteroatoms. The van der Waals surface area contributed by atoms with Gasteiger partial charge < -0.3 is 18.9 Å². The van der Waals surface area contributed by atoms with Crippen molar-refractivity contribution in [2.75, 3.05) is 6.61 Å². The minimum Gasteiger partial charge on any atom is -0.337 e.